The Kier molecular flexibility index (Phi) is 7.07. The van der Waals surface area contributed by atoms with Gasteiger partial charge in [-0.15, -0.1) is 0 Å². The molecule has 0 spiro atoms. The van der Waals surface area contributed by atoms with Gasteiger partial charge in [-0.25, -0.2) is 8.42 Å². The molecule has 0 saturated carbocycles. The first-order valence-electron chi connectivity index (χ1n) is 6.94. The normalized spacial score (nSPS) is 12.7. The quantitative estimate of drug-likeness (QED) is 0.578. The third-order valence-corrected chi connectivity index (χ3v) is 6.47. The summed E-state index contributed by atoms with van der Waals surface area (Å²) in [4.78, 5) is 12.1. The van der Waals surface area contributed by atoms with Gasteiger partial charge >= 0.3 is 0 Å². The van der Waals surface area contributed by atoms with Crippen LogP contribution in [0.3, 0.4) is 0 Å². The van der Waals surface area contributed by atoms with Gasteiger partial charge in [0.05, 0.1) is 31.8 Å². The first kappa shape index (κ1) is 21.6. The average Bonchev–Trinajstić information content (AvgIpc) is 2.54. The van der Waals surface area contributed by atoms with Crippen molar-refractivity contribution >= 4 is 79.6 Å². The number of sulfonamides is 1. The van der Waals surface area contributed by atoms with E-state index >= 15 is 0 Å². The molecule has 0 aromatic heterocycles. The zero-order chi connectivity index (χ0) is 19.6. The third-order valence-electron chi connectivity index (χ3n) is 3.18. The van der Waals surface area contributed by atoms with E-state index in [2.05, 4.69) is 10.0 Å². The van der Waals surface area contributed by atoms with E-state index in [0.717, 1.165) is 0 Å². The maximum Gasteiger partial charge on any atom is 0.242 e. The van der Waals surface area contributed by atoms with Crippen molar-refractivity contribution in [1.29, 1.82) is 0 Å². The Bertz CT molecular complexity index is 966. The van der Waals surface area contributed by atoms with Crippen molar-refractivity contribution in [3.8, 4) is 0 Å². The minimum atomic E-state index is -4.08. The summed E-state index contributed by atoms with van der Waals surface area (Å²) in [7, 11) is -4.08. The van der Waals surface area contributed by atoms with Gasteiger partial charge in [0.25, 0.3) is 0 Å². The fourth-order valence-corrected chi connectivity index (χ4v) is 4.45. The summed E-state index contributed by atoms with van der Waals surface area (Å²) in [6, 6.07) is 5.57. The highest BCUT2D eigenvalue weighted by atomic mass is 35.5. The molecule has 2 aromatic rings. The van der Waals surface area contributed by atoms with Crippen molar-refractivity contribution in [2.45, 2.75) is 17.9 Å². The standard InChI is InChI=1S/C15H11Cl5N2O3S/c1-7(15(23)21-13-6-11(19)10(18)5-12(13)20)22-26(24,25)14-4-8(16)2-3-9(14)17/h2-7,22H,1H3,(H,21,23)/t7-/m0/s1. The monoisotopic (exact) mass is 474 g/mol. The average molecular weight is 477 g/mol. The molecule has 0 saturated heterocycles. The lowest BCUT2D eigenvalue weighted by molar-refractivity contribution is -0.117. The Morgan fingerprint density at radius 3 is 2.19 bits per heavy atom. The van der Waals surface area contributed by atoms with Crippen LogP contribution >= 0.6 is 58.0 Å². The van der Waals surface area contributed by atoms with Gasteiger partial charge in [-0.1, -0.05) is 58.0 Å². The van der Waals surface area contributed by atoms with E-state index in [1.807, 2.05) is 0 Å². The van der Waals surface area contributed by atoms with Gasteiger partial charge < -0.3 is 5.32 Å². The molecule has 2 rings (SSSR count). The van der Waals surface area contributed by atoms with Crippen LogP contribution in [0.25, 0.3) is 0 Å². The van der Waals surface area contributed by atoms with Gasteiger partial charge in [-0.2, -0.15) is 4.72 Å². The lowest BCUT2D eigenvalue weighted by atomic mass is 10.3. The van der Waals surface area contributed by atoms with Gasteiger partial charge in [-0.3, -0.25) is 4.79 Å². The number of halogens is 5. The molecule has 1 atom stereocenters. The smallest absolute Gasteiger partial charge is 0.242 e. The first-order valence-corrected chi connectivity index (χ1v) is 10.3. The number of carbonyl (C=O) groups excluding carboxylic acids is 1. The third kappa shape index (κ3) is 5.16. The van der Waals surface area contributed by atoms with Gasteiger partial charge in [-0.05, 0) is 37.3 Å². The molecule has 5 nitrogen and oxygen atoms in total. The number of nitrogens with one attached hydrogen (secondary N) is 2. The lowest BCUT2D eigenvalue weighted by Gasteiger charge is -2.16. The molecule has 1 amide bonds. The van der Waals surface area contributed by atoms with Crippen LogP contribution in [0.2, 0.25) is 25.1 Å². The van der Waals surface area contributed by atoms with E-state index in [4.69, 9.17) is 58.0 Å². The Labute approximate surface area is 175 Å². The van der Waals surface area contributed by atoms with E-state index in [-0.39, 0.29) is 35.7 Å². The number of benzene rings is 2. The molecule has 0 radical (unpaired) electrons. The summed E-state index contributed by atoms with van der Waals surface area (Å²) in [6.07, 6.45) is 0. The number of hydrogen-bond donors (Lipinski definition) is 2. The molecule has 0 heterocycles. The van der Waals surface area contributed by atoms with Crippen LogP contribution < -0.4 is 10.0 Å². The van der Waals surface area contributed by atoms with E-state index in [1.165, 1.54) is 37.3 Å². The molecule has 0 aliphatic carbocycles. The molecular weight excluding hydrogens is 466 g/mol. The summed E-state index contributed by atoms with van der Waals surface area (Å²) >= 11 is 29.4. The predicted molar refractivity (Wildman–Crippen MR) is 106 cm³/mol. The highest BCUT2D eigenvalue weighted by molar-refractivity contribution is 7.89. The Morgan fingerprint density at radius 2 is 1.54 bits per heavy atom. The number of rotatable bonds is 5. The van der Waals surface area contributed by atoms with Gasteiger partial charge in [0, 0.05) is 5.02 Å². The molecule has 0 bridgehead atoms. The van der Waals surface area contributed by atoms with Gasteiger partial charge in [0.1, 0.15) is 4.90 Å². The Hall–Kier alpha value is -0.730. The number of carbonyl (C=O) groups is 1. The topological polar surface area (TPSA) is 75.3 Å². The summed E-state index contributed by atoms with van der Waals surface area (Å²) in [6.45, 7) is 1.36. The summed E-state index contributed by atoms with van der Waals surface area (Å²) in [5.41, 5.74) is 0.193. The SMILES string of the molecule is C[C@H](NS(=O)(=O)c1cc(Cl)ccc1Cl)C(=O)Nc1cc(Cl)c(Cl)cc1Cl. The fraction of sp³-hybridized carbons (Fsp3) is 0.133. The van der Waals surface area contributed by atoms with Crippen molar-refractivity contribution in [1.82, 2.24) is 4.72 Å². The van der Waals surface area contributed by atoms with Crippen molar-refractivity contribution in [3.63, 3.8) is 0 Å². The van der Waals surface area contributed by atoms with Crippen LogP contribution in [0.15, 0.2) is 35.2 Å². The molecule has 140 valence electrons. The van der Waals surface area contributed by atoms with Crippen LogP contribution in [0.1, 0.15) is 6.92 Å². The second-order valence-electron chi connectivity index (χ2n) is 5.15. The van der Waals surface area contributed by atoms with E-state index in [9.17, 15) is 13.2 Å². The van der Waals surface area contributed by atoms with Crippen LogP contribution in [0, 0.1) is 0 Å². The predicted octanol–water partition coefficient (Wildman–Crippen LogP) is 5.26. The highest BCUT2D eigenvalue weighted by Gasteiger charge is 2.25. The lowest BCUT2D eigenvalue weighted by Crippen LogP contribution is -2.41. The molecular formula is C15H11Cl5N2O3S. The molecule has 2 N–H and O–H groups in total. The molecule has 0 aliphatic heterocycles. The van der Waals surface area contributed by atoms with E-state index < -0.39 is 22.0 Å². The number of anilines is 1. The minimum absolute atomic E-state index is 0.0259. The first-order chi connectivity index (χ1) is 12.0. The van der Waals surface area contributed by atoms with Crippen LogP contribution in [-0.4, -0.2) is 20.4 Å². The van der Waals surface area contributed by atoms with Crippen molar-refractivity contribution < 1.29 is 13.2 Å². The van der Waals surface area contributed by atoms with Crippen LogP contribution in [0.4, 0.5) is 5.69 Å². The second-order valence-corrected chi connectivity index (χ2v) is 8.90. The number of amides is 1. The fourth-order valence-electron chi connectivity index (χ4n) is 1.89. The number of hydrogen-bond acceptors (Lipinski definition) is 3. The van der Waals surface area contributed by atoms with Crippen molar-refractivity contribution in [2.24, 2.45) is 0 Å². The molecule has 26 heavy (non-hydrogen) atoms. The van der Waals surface area contributed by atoms with Crippen molar-refractivity contribution in [2.75, 3.05) is 5.32 Å². The Balaban J connectivity index is 2.19. The van der Waals surface area contributed by atoms with Gasteiger partial charge in [0.2, 0.25) is 15.9 Å². The van der Waals surface area contributed by atoms with Crippen LogP contribution in [0.5, 0.6) is 0 Å². The van der Waals surface area contributed by atoms with Crippen LogP contribution in [-0.2, 0) is 14.8 Å². The molecule has 2 aromatic carbocycles. The molecule has 11 heteroatoms. The summed E-state index contributed by atoms with van der Waals surface area (Å²) < 4.78 is 27.1. The second kappa shape index (κ2) is 8.52. The summed E-state index contributed by atoms with van der Waals surface area (Å²) in [5.74, 6) is -0.660. The van der Waals surface area contributed by atoms with Crippen molar-refractivity contribution in [3.05, 3.63) is 55.4 Å². The zero-order valence-corrected chi connectivity index (χ0v) is 17.6. The summed E-state index contributed by atoms with van der Waals surface area (Å²) in [5, 5.41) is 3.20. The Morgan fingerprint density at radius 1 is 0.923 bits per heavy atom. The maximum atomic E-state index is 12.4. The van der Waals surface area contributed by atoms with E-state index in [0.29, 0.717) is 0 Å². The zero-order valence-electron chi connectivity index (χ0n) is 13.0. The largest absolute Gasteiger partial charge is 0.323 e. The highest BCUT2D eigenvalue weighted by Crippen LogP contribution is 2.32. The molecule has 0 fully saturated rings. The minimum Gasteiger partial charge on any atom is -0.323 e. The van der Waals surface area contributed by atoms with Gasteiger partial charge in [0.15, 0.2) is 0 Å². The van der Waals surface area contributed by atoms with E-state index in [1.54, 1.807) is 0 Å². The maximum absolute atomic E-state index is 12.4. The molecule has 0 unspecified atom stereocenters. The molecule has 0 aliphatic rings.